The normalized spacial score (nSPS) is 10.8. The number of allylic oxidation sites excluding steroid dienone is 1. The van der Waals surface area contributed by atoms with E-state index in [-0.39, 0.29) is 5.91 Å². The van der Waals surface area contributed by atoms with E-state index in [1.54, 1.807) is 0 Å². The molecule has 3 heteroatoms. The van der Waals surface area contributed by atoms with Gasteiger partial charge in [0.05, 0.1) is 0 Å². The summed E-state index contributed by atoms with van der Waals surface area (Å²) in [6, 6.07) is 0. The molecule has 0 aromatic carbocycles. The molecule has 0 aromatic heterocycles. The first-order valence-corrected chi connectivity index (χ1v) is 3.98. The van der Waals surface area contributed by atoms with E-state index in [4.69, 9.17) is 0 Å². The summed E-state index contributed by atoms with van der Waals surface area (Å²) in [6.45, 7) is 7.31. The average Bonchev–Trinajstić information content (AvgIpc) is 1.84. The molecule has 70 valence electrons. The number of hydrogen-bond donors (Lipinski definition) is 2. The summed E-state index contributed by atoms with van der Waals surface area (Å²) in [4.78, 5) is 11.1. The topological polar surface area (TPSA) is 49.3 Å². The van der Waals surface area contributed by atoms with Crippen LogP contribution in [-0.2, 0) is 4.79 Å². The molecule has 0 bridgehead atoms. The van der Waals surface area contributed by atoms with Crippen LogP contribution in [0.3, 0.4) is 0 Å². The highest BCUT2D eigenvalue weighted by Crippen LogP contribution is 1.99. The van der Waals surface area contributed by atoms with Crippen LogP contribution in [0.25, 0.3) is 0 Å². The number of carbonyl (C=O) groups excluding carboxylic acids is 1. The van der Waals surface area contributed by atoms with Crippen LogP contribution in [0.5, 0.6) is 0 Å². The summed E-state index contributed by atoms with van der Waals surface area (Å²) in [6.07, 6.45) is 1.89. The first-order chi connectivity index (χ1) is 5.34. The van der Waals surface area contributed by atoms with Gasteiger partial charge in [0.25, 0.3) is 5.91 Å². The Kier molecular flexibility index (Phi) is 3.96. The van der Waals surface area contributed by atoms with Crippen molar-refractivity contribution in [3.05, 3.63) is 11.6 Å². The summed E-state index contributed by atoms with van der Waals surface area (Å²) in [5.74, 6) is -0.347. The second kappa shape index (κ2) is 4.26. The van der Waals surface area contributed by atoms with E-state index in [1.807, 2.05) is 19.9 Å². The van der Waals surface area contributed by atoms with Gasteiger partial charge in [-0.3, -0.25) is 4.79 Å². The van der Waals surface area contributed by atoms with E-state index >= 15 is 0 Å². The Morgan fingerprint density at radius 2 is 2.00 bits per heavy atom. The van der Waals surface area contributed by atoms with E-state index in [0.29, 0.717) is 6.54 Å². The van der Waals surface area contributed by atoms with Crippen LogP contribution in [0, 0.1) is 0 Å². The molecular formula is C9H17NO2. The SMILES string of the molecule is CC(C)=CCNC(=O)C(C)(C)O. The minimum absolute atomic E-state index is 0.347. The molecule has 0 atom stereocenters. The molecule has 0 unspecified atom stereocenters. The van der Waals surface area contributed by atoms with Gasteiger partial charge in [0, 0.05) is 6.54 Å². The second-order valence-electron chi connectivity index (χ2n) is 3.55. The average molecular weight is 171 g/mol. The first kappa shape index (κ1) is 11.2. The Morgan fingerprint density at radius 1 is 1.50 bits per heavy atom. The van der Waals surface area contributed by atoms with Gasteiger partial charge in [-0.05, 0) is 27.7 Å². The number of hydrogen-bond acceptors (Lipinski definition) is 2. The highest BCUT2D eigenvalue weighted by Gasteiger charge is 2.22. The van der Waals surface area contributed by atoms with Crippen LogP contribution in [0.1, 0.15) is 27.7 Å². The zero-order chi connectivity index (χ0) is 9.78. The number of aliphatic hydroxyl groups is 1. The van der Waals surface area contributed by atoms with Crippen LogP contribution in [0.15, 0.2) is 11.6 Å². The van der Waals surface area contributed by atoms with Crippen molar-refractivity contribution in [2.45, 2.75) is 33.3 Å². The van der Waals surface area contributed by atoms with Gasteiger partial charge in [0.2, 0.25) is 0 Å². The molecule has 0 spiro atoms. The summed E-state index contributed by atoms with van der Waals surface area (Å²) in [7, 11) is 0. The molecule has 0 rings (SSSR count). The minimum Gasteiger partial charge on any atom is -0.381 e. The lowest BCUT2D eigenvalue weighted by molar-refractivity contribution is -0.136. The zero-order valence-corrected chi connectivity index (χ0v) is 8.14. The molecule has 0 aliphatic heterocycles. The molecule has 0 radical (unpaired) electrons. The van der Waals surface area contributed by atoms with Gasteiger partial charge in [-0.2, -0.15) is 0 Å². The fraction of sp³-hybridized carbons (Fsp3) is 0.667. The van der Waals surface area contributed by atoms with Crippen LogP contribution in [0.2, 0.25) is 0 Å². The maximum Gasteiger partial charge on any atom is 0.251 e. The number of nitrogens with one attached hydrogen (secondary N) is 1. The maximum atomic E-state index is 11.1. The molecule has 2 N–H and O–H groups in total. The second-order valence-corrected chi connectivity index (χ2v) is 3.55. The smallest absolute Gasteiger partial charge is 0.251 e. The molecule has 0 fully saturated rings. The molecule has 3 nitrogen and oxygen atoms in total. The van der Waals surface area contributed by atoms with E-state index in [0.717, 1.165) is 5.57 Å². The monoisotopic (exact) mass is 171 g/mol. The molecule has 0 aliphatic rings. The Labute approximate surface area is 73.5 Å². The van der Waals surface area contributed by atoms with Gasteiger partial charge in [-0.15, -0.1) is 0 Å². The van der Waals surface area contributed by atoms with Crippen LogP contribution >= 0.6 is 0 Å². The summed E-state index contributed by atoms with van der Waals surface area (Å²) in [5.41, 5.74) is -0.138. The van der Waals surface area contributed by atoms with Crippen molar-refractivity contribution in [2.75, 3.05) is 6.54 Å². The molecule has 12 heavy (non-hydrogen) atoms. The van der Waals surface area contributed by atoms with Gasteiger partial charge in [-0.25, -0.2) is 0 Å². The molecule has 0 heterocycles. The Balaban J connectivity index is 3.82. The third-order valence-corrected chi connectivity index (χ3v) is 1.33. The lowest BCUT2D eigenvalue weighted by atomic mass is 10.1. The summed E-state index contributed by atoms with van der Waals surface area (Å²) < 4.78 is 0. The predicted octanol–water partition coefficient (Wildman–Crippen LogP) is 0.840. The van der Waals surface area contributed by atoms with Gasteiger partial charge in [0.15, 0.2) is 0 Å². The number of rotatable bonds is 3. The molecule has 0 saturated carbocycles. The maximum absolute atomic E-state index is 11.1. The van der Waals surface area contributed by atoms with Crippen molar-refractivity contribution in [3.63, 3.8) is 0 Å². The Bertz CT molecular complexity index is 185. The van der Waals surface area contributed by atoms with Gasteiger partial charge >= 0.3 is 0 Å². The van der Waals surface area contributed by atoms with Gasteiger partial charge in [-0.1, -0.05) is 11.6 Å². The highest BCUT2D eigenvalue weighted by molar-refractivity contribution is 5.83. The number of carbonyl (C=O) groups is 1. The molecular weight excluding hydrogens is 154 g/mol. The molecule has 1 amide bonds. The molecule has 0 aromatic rings. The Morgan fingerprint density at radius 3 is 2.33 bits per heavy atom. The summed E-state index contributed by atoms with van der Waals surface area (Å²) >= 11 is 0. The largest absolute Gasteiger partial charge is 0.381 e. The van der Waals surface area contributed by atoms with Gasteiger partial charge < -0.3 is 10.4 Å². The van der Waals surface area contributed by atoms with Crippen molar-refractivity contribution < 1.29 is 9.90 Å². The lowest BCUT2D eigenvalue weighted by Crippen LogP contribution is -2.41. The van der Waals surface area contributed by atoms with E-state index in [2.05, 4.69) is 5.32 Å². The van der Waals surface area contributed by atoms with Gasteiger partial charge in [0.1, 0.15) is 5.60 Å². The molecule has 0 saturated heterocycles. The van der Waals surface area contributed by atoms with E-state index in [9.17, 15) is 9.90 Å². The predicted molar refractivity (Wildman–Crippen MR) is 48.7 cm³/mol. The van der Waals surface area contributed by atoms with Crippen molar-refractivity contribution in [3.8, 4) is 0 Å². The fourth-order valence-corrected chi connectivity index (χ4v) is 0.564. The standard InChI is InChI=1S/C9H17NO2/c1-7(2)5-6-10-8(11)9(3,4)12/h5,12H,6H2,1-4H3,(H,10,11). The molecule has 0 aliphatic carbocycles. The van der Waals surface area contributed by atoms with Crippen molar-refractivity contribution in [1.82, 2.24) is 5.32 Å². The fourth-order valence-electron chi connectivity index (χ4n) is 0.564. The third kappa shape index (κ3) is 4.91. The summed E-state index contributed by atoms with van der Waals surface area (Å²) in [5, 5.41) is 11.8. The zero-order valence-electron chi connectivity index (χ0n) is 8.14. The Hall–Kier alpha value is -0.830. The van der Waals surface area contributed by atoms with Crippen molar-refractivity contribution in [2.24, 2.45) is 0 Å². The van der Waals surface area contributed by atoms with Crippen LogP contribution in [-0.4, -0.2) is 23.2 Å². The lowest BCUT2D eigenvalue weighted by Gasteiger charge is -2.15. The van der Waals surface area contributed by atoms with E-state index in [1.165, 1.54) is 13.8 Å². The van der Waals surface area contributed by atoms with Crippen LogP contribution < -0.4 is 5.32 Å². The highest BCUT2D eigenvalue weighted by atomic mass is 16.3. The van der Waals surface area contributed by atoms with Crippen LogP contribution in [0.4, 0.5) is 0 Å². The first-order valence-electron chi connectivity index (χ1n) is 3.98. The van der Waals surface area contributed by atoms with Crippen molar-refractivity contribution >= 4 is 5.91 Å². The third-order valence-electron chi connectivity index (χ3n) is 1.33. The minimum atomic E-state index is -1.28. The quantitative estimate of drug-likeness (QED) is 0.618. The number of amides is 1. The van der Waals surface area contributed by atoms with Crippen molar-refractivity contribution in [1.29, 1.82) is 0 Å². The van der Waals surface area contributed by atoms with E-state index < -0.39 is 5.60 Å².